The molecule has 1 fully saturated rings. The average molecular weight is 269 g/mol. The third-order valence-corrected chi connectivity index (χ3v) is 3.36. The van der Waals surface area contributed by atoms with Crippen LogP contribution in [0.25, 0.3) is 0 Å². The second-order valence-corrected chi connectivity index (χ2v) is 4.74. The molecule has 0 saturated carbocycles. The van der Waals surface area contributed by atoms with Gasteiger partial charge < -0.3 is 0 Å². The van der Waals surface area contributed by atoms with Crippen LogP contribution in [-0.4, -0.2) is 29.1 Å². The molecule has 1 aromatic heterocycles. The maximum atomic E-state index is 12.7. The highest BCUT2D eigenvalue weighted by atomic mass is 19.4. The molecule has 2 heterocycles. The summed E-state index contributed by atoms with van der Waals surface area (Å²) < 4.78 is 38.1. The zero-order valence-electron chi connectivity index (χ0n) is 10.3. The van der Waals surface area contributed by atoms with Crippen LogP contribution in [0.1, 0.15) is 24.1 Å². The summed E-state index contributed by atoms with van der Waals surface area (Å²) >= 11 is 0. The van der Waals surface area contributed by atoms with Crippen molar-refractivity contribution in [2.75, 3.05) is 13.1 Å². The highest BCUT2D eigenvalue weighted by molar-refractivity contribution is 5.30. The van der Waals surface area contributed by atoms with Gasteiger partial charge in [-0.15, -0.1) is 0 Å². The molecule has 1 aliphatic rings. The Bertz CT molecular complexity index is 479. The largest absolute Gasteiger partial charge is 0.393 e. The Morgan fingerprint density at radius 2 is 2.26 bits per heavy atom. The molecule has 1 unspecified atom stereocenters. The van der Waals surface area contributed by atoms with Gasteiger partial charge in [0.15, 0.2) is 0 Å². The SMILES string of the molecule is N#Cc1ncccc1CN1CCCC(C(F)(F)F)C1. The summed E-state index contributed by atoms with van der Waals surface area (Å²) in [5.74, 6) is -1.26. The number of alkyl halides is 3. The molecule has 0 spiro atoms. The maximum absolute atomic E-state index is 12.7. The van der Waals surface area contributed by atoms with Crippen LogP contribution in [0, 0.1) is 17.2 Å². The van der Waals surface area contributed by atoms with Crippen molar-refractivity contribution in [2.24, 2.45) is 5.92 Å². The molecule has 1 saturated heterocycles. The van der Waals surface area contributed by atoms with Crippen LogP contribution in [-0.2, 0) is 6.54 Å². The van der Waals surface area contributed by atoms with Gasteiger partial charge in [-0.1, -0.05) is 6.07 Å². The number of piperidine rings is 1. The minimum absolute atomic E-state index is 0.00324. The first-order valence-corrected chi connectivity index (χ1v) is 6.14. The van der Waals surface area contributed by atoms with Gasteiger partial charge >= 0.3 is 6.18 Å². The van der Waals surface area contributed by atoms with E-state index < -0.39 is 12.1 Å². The molecule has 2 rings (SSSR count). The lowest BCUT2D eigenvalue weighted by atomic mass is 9.97. The van der Waals surface area contributed by atoms with Gasteiger partial charge in [0.25, 0.3) is 0 Å². The number of halogens is 3. The van der Waals surface area contributed by atoms with Crippen molar-refractivity contribution in [3.05, 3.63) is 29.6 Å². The smallest absolute Gasteiger partial charge is 0.298 e. The minimum Gasteiger partial charge on any atom is -0.298 e. The van der Waals surface area contributed by atoms with Crippen LogP contribution < -0.4 is 0 Å². The molecular weight excluding hydrogens is 255 g/mol. The van der Waals surface area contributed by atoms with Gasteiger partial charge in [0.1, 0.15) is 11.8 Å². The Morgan fingerprint density at radius 3 is 2.95 bits per heavy atom. The first-order chi connectivity index (χ1) is 9.00. The van der Waals surface area contributed by atoms with E-state index in [0.717, 1.165) is 0 Å². The van der Waals surface area contributed by atoms with E-state index in [9.17, 15) is 13.2 Å². The fraction of sp³-hybridized carbons (Fsp3) is 0.538. The Balaban J connectivity index is 2.05. The molecule has 0 amide bonds. The topological polar surface area (TPSA) is 39.9 Å². The molecule has 0 N–H and O–H groups in total. The van der Waals surface area contributed by atoms with Crippen molar-refractivity contribution in [1.82, 2.24) is 9.88 Å². The second kappa shape index (κ2) is 5.57. The van der Waals surface area contributed by atoms with E-state index in [-0.39, 0.29) is 18.7 Å². The van der Waals surface area contributed by atoms with Gasteiger partial charge in [0.2, 0.25) is 0 Å². The lowest BCUT2D eigenvalue weighted by Gasteiger charge is -2.33. The Morgan fingerprint density at radius 1 is 1.47 bits per heavy atom. The molecule has 0 aromatic carbocycles. The Kier molecular flexibility index (Phi) is 4.05. The zero-order chi connectivity index (χ0) is 13.9. The van der Waals surface area contributed by atoms with Gasteiger partial charge in [-0.3, -0.25) is 4.90 Å². The number of nitrogens with zero attached hydrogens (tertiary/aromatic N) is 3. The number of aromatic nitrogens is 1. The number of nitriles is 1. The highest BCUT2D eigenvalue weighted by Crippen LogP contribution is 2.33. The van der Waals surface area contributed by atoms with E-state index in [2.05, 4.69) is 4.98 Å². The molecule has 0 aliphatic carbocycles. The Labute approximate surface area is 109 Å². The molecular formula is C13H14F3N3. The summed E-state index contributed by atoms with van der Waals surface area (Å²) in [5.41, 5.74) is 0.976. The van der Waals surface area contributed by atoms with E-state index in [1.165, 1.54) is 6.20 Å². The van der Waals surface area contributed by atoms with Gasteiger partial charge in [-0.2, -0.15) is 18.4 Å². The molecule has 1 atom stereocenters. The maximum Gasteiger partial charge on any atom is 0.393 e. The molecule has 6 heteroatoms. The van der Waals surface area contributed by atoms with Crippen molar-refractivity contribution in [2.45, 2.75) is 25.6 Å². The molecule has 19 heavy (non-hydrogen) atoms. The lowest BCUT2D eigenvalue weighted by Crippen LogP contribution is -2.41. The predicted octanol–water partition coefficient (Wildman–Crippen LogP) is 2.73. The summed E-state index contributed by atoms with van der Waals surface area (Å²) in [5, 5.41) is 8.92. The summed E-state index contributed by atoms with van der Waals surface area (Å²) in [6.07, 6.45) is -1.90. The van der Waals surface area contributed by atoms with Crippen molar-refractivity contribution in [1.29, 1.82) is 5.26 Å². The molecule has 0 radical (unpaired) electrons. The number of hydrogen-bond acceptors (Lipinski definition) is 3. The van der Waals surface area contributed by atoms with Gasteiger partial charge in [-0.05, 0) is 25.5 Å². The van der Waals surface area contributed by atoms with E-state index in [1.807, 2.05) is 6.07 Å². The molecule has 1 aromatic rings. The monoisotopic (exact) mass is 269 g/mol. The van der Waals surface area contributed by atoms with Crippen LogP contribution >= 0.6 is 0 Å². The summed E-state index contributed by atoms with van der Waals surface area (Å²) in [4.78, 5) is 5.67. The second-order valence-electron chi connectivity index (χ2n) is 4.74. The van der Waals surface area contributed by atoms with Crippen molar-refractivity contribution in [3.8, 4) is 6.07 Å². The zero-order valence-corrected chi connectivity index (χ0v) is 10.3. The van der Waals surface area contributed by atoms with E-state index in [0.29, 0.717) is 25.1 Å². The average Bonchev–Trinajstić information content (AvgIpc) is 2.39. The van der Waals surface area contributed by atoms with Gasteiger partial charge in [-0.25, -0.2) is 4.98 Å². The fourth-order valence-corrected chi connectivity index (χ4v) is 2.37. The van der Waals surface area contributed by atoms with E-state index in [1.54, 1.807) is 17.0 Å². The molecule has 1 aliphatic heterocycles. The third-order valence-electron chi connectivity index (χ3n) is 3.36. The first kappa shape index (κ1) is 13.8. The normalized spacial score (nSPS) is 21.1. The van der Waals surface area contributed by atoms with Crippen LogP contribution in [0.4, 0.5) is 13.2 Å². The van der Waals surface area contributed by atoms with Crippen molar-refractivity contribution < 1.29 is 13.2 Å². The summed E-state index contributed by atoms with van der Waals surface area (Å²) in [6, 6.07) is 5.40. The fourth-order valence-electron chi connectivity index (χ4n) is 2.37. The molecule has 0 bridgehead atoms. The van der Waals surface area contributed by atoms with Crippen LogP contribution in [0.5, 0.6) is 0 Å². The number of likely N-dealkylation sites (tertiary alicyclic amines) is 1. The van der Waals surface area contributed by atoms with E-state index >= 15 is 0 Å². The van der Waals surface area contributed by atoms with Crippen LogP contribution in [0.15, 0.2) is 18.3 Å². The van der Waals surface area contributed by atoms with E-state index in [4.69, 9.17) is 5.26 Å². The van der Waals surface area contributed by atoms with Crippen LogP contribution in [0.2, 0.25) is 0 Å². The number of pyridine rings is 1. The lowest BCUT2D eigenvalue weighted by molar-refractivity contribution is -0.187. The first-order valence-electron chi connectivity index (χ1n) is 6.14. The van der Waals surface area contributed by atoms with Crippen molar-refractivity contribution >= 4 is 0 Å². The predicted molar refractivity (Wildman–Crippen MR) is 63.0 cm³/mol. The quantitative estimate of drug-likeness (QED) is 0.828. The Hall–Kier alpha value is -1.61. The van der Waals surface area contributed by atoms with Crippen molar-refractivity contribution in [3.63, 3.8) is 0 Å². The summed E-state index contributed by atoms with van der Waals surface area (Å²) in [7, 11) is 0. The minimum atomic E-state index is -4.13. The molecule has 3 nitrogen and oxygen atoms in total. The van der Waals surface area contributed by atoms with Gasteiger partial charge in [0.05, 0.1) is 5.92 Å². The number of hydrogen-bond donors (Lipinski definition) is 0. The van der Waals surface area contributed by atoms with Gasteiger partial charge in [0, 0.05) is 24.8 Å². The molecule has 102 valence electrons. The third kappa shape index (κ3) is 3.44. The highest BCUT2D eigenvalue weighted by Gasteiger charge is 2.41. The number of rotatable bonds is 2. The standard InChI is InChI=1S/C13H14F3N3/c14-13(15,16)11-4-2-6-19(9-11)8-10-3-1-5-18-12(10)7-17/h1,3,5,11H,2,4,6,8-9H2. The van der Waals surface area contributed by atoms with Crippen LogP contribution in [0.3, 0.4) is 0 Å². The summed E-state index contributed by atoms with van der Waals surface area (Å²) in [6.45, 7) is 0.985.